The highest BCUT2D eigenvalue weighted by Gasteiger charge is 2.14. The molecule has 6 nitrogen and oxygen atoms in total. The summed E-state index contributed by atoms with van der Waals surface area (Å²) in [6.45, 7) is 0.728. The number of nitrogens with one attached hydrogen (secondary N) is 2. The quantitative estimate of drug-likeness (QED) is 0.763. The number of carbonyl (C=O) groups excluding carboxylic acids is 2. The Morgan fingerprint density at radius 1 is 1.10 bits per heavy atom. The fourth-order valence-electron chi connectivity index (χ4n) is 1.66. The Kier molecular flexibility index (Phi) is 4.52. The van der Waals surface area contributed by atoms with Crippen molar-refractivity contribution in [3.05, 3.63) is 54.0 Å². The van der Waals surface area contributed by atoms with Crippen molar-refractivity contribution >= 4 is 17.5 Å². The molecule has 0 aliphatic carbocycles. The molecule has 1 aromatic carbocycles. The Hall–Kier alpha value is -2.60. The van der Waals surface area contributed by atoms with E-state index < -0.39 is 5.91 Å². The van der Waals surface area contributed by atoms with Gasteiger partial charge in [0.05, 0.1) is 17.5 Å². The zero-order valence-electron chi connectivity index (χ0n) is 10.8. The minimum absolute atomic E-state index is 0.183. The zero-order chi connectivity index (χ0) is 14.4. The Morgan fingerprint density at radius 2 is 1.90 bits per heavy atom. The van der Waals surface area contributed by atoms with E-state index in [2.05, 4.69) is 10.6 Å². The van der Waals surface area contributed by atoms with Crippen LogP contribution in [0, 0.1) is 0 Å². The summed E-state index contributed by atoms with van der Waals surface area (Å²) < 4.78 is 5.00. The van der Waals surface area contributed by atoms with Crippen molar-refractivity contribution in [3.8, 4) is 0 Å². The standard InChI is InChI=1S/C14H15N3O3/c15-7-8-16-13(18)10-4-1-2-5-11(10)17-14(19)12-6-3-9-20-12/h1-6,9H,7-8,15H2,(H,16,18)(H,17,19). The van der Waals surface area contributed by atoms with Crippen LogP contribution in [0.1, 0.15) is 20.9 Å². The van der Waals surface area contributed by atoms with Gasteiger partial charge in [-0.25, -0.2) is 0 Å². The topological polar surface area (TPSA) is 97.4 Å². The summed E-state index contributed by atoms with van der Waals surface area (Å²) in [7, 11) is 0. The van der Waals surface area contributed by atoms with E-state index in [9.17, 15) is 9.59 Å². The average Bonchev–Trinajstić information content (AvgIpc) is 2.99. The molecular formula is C14H15N3O3. The maximum absolute atomic E-state index is 12.0. The van der Waals surface area contributed by atoms with Gasteiger partial charge in [-0.2, -0.15) is 0 Å². The molecule has 0 aliphatic rings. The molecule has 4 N–H and O–H groups in total. The number of para-hydroxylation sites is 1. The summed E-state index contributed by atoms with van der Waals surface area (Å²) in [5.74, 6) is -0.512. The van der Waals surface area contributed by atoms with Gasteiger partial charge in [-0.3, -0.25) is 9.59 Å². The van der Waals surface area contributed by atoms with Crippen molar-refractivity contribution < 1.29 is 14.0 Å². The lowest BCUT2D eigenvalue weighted by Crippen LogP contribution is -2.29. The lowest BCUT2D eigenvalue weighted by atomic mass is 10.1. The molecule has 0 saturated heterocycles. The molecular weight excluding hydrogens is 258 g/mol. The van der Waals surface area contributed by atoms with Gasteiger partial charge in [0.1, 0.15) is 0 Å². The third-order valence-corrected chi connectivity index (χ3v) is 2.59. The predicted molar refractivity (Wildman–Crippen MR) is 74.5 cm³/mol. The Labute approximate surface area is 116 Å². The van der Waals surface area contributed by atoms with E-state index in [1.807, 2.05) is 0 Å². The number of hydrogen-bond donors (Lipinski definition) is 3. The molecule has 2 rings (SSSR count). The predicted octanol–water partition coefficient (Wildman–Crippen LogP) is 1.22. The van der Waals surface area contributed by atoms with Crippen LogP contribution in [0.3, 0.4) is 0 Å². The molecule has 0 fully saturated rings. The van der Waals surface area contributed by atoms with Crippen LogP contribution in [-0.4, -0.2) is 24.9 Å². The van der Waals surface area contributed by atoms with E-state index >= 15 is 0 Å². The molecule has 2 aromatic rings. The van der Waals surface area contributed by atoms with Crippen LogP contribution in [-0.2, 0) is 0 Å². The van der Waals surface area contributed by atoms with Crippen LogP contribution in [0.2, 0.25) is 0 Å². The second-order valence-electron chi connectivity index (χ2n) is 4.02. The van der Waals surface area contributed by atoms with Crippen molar-refractivity contribution in [3.63, 3.8) is 0 Å². The molecule has 2 amide bonds. The number of anilines is 1. The van der Waals surface area contributed by atoms with Gasteiger partial charge < -0.3 is 20.8 Å². The number of carbonyl (C=O) groups is 2. The molecule has 20 heavy (non-hydrogen) atoms. The third-order valence-electron chi connectivity index (χ3n) is 2.59. The van der Waals surface area contributed by atoms with Crippen molar-refractivity contribution in [1.82, 2.24) is 5.32 Å². The maximum Gasteiger partial charge on any atom is 0.291 e. The first-order valence-corrected chi connectivity index (χ1v) is 6.14. The number of nitrogens with two attached hydrogens (primary N) is 1. The summed E-state index contributed by atoms with van der Waals surface area (Å²) in [4.78, 5) is 23.9. The molecule has 0 radical (unpaired) electrons. The van der Waals surface area contributed by atoms with Crippen LogP contribution in [0.4, 0.5) is 5.69 Å². The van der Waals surface area contributed by atoms with Crippen LogP contribution < -0.4 is 16.4 Å². The number of hydrogen-bond acceptors (Lipinski definition) is 4. The highest BCUT2D eigenvalue weighted by molar-refractivity contribution is 6.07. The molecule has 1 heterocycles. The minimum Gasteiger partial charge on any atom is -0.459 e. The van der Waals surface area contributed by atoms with Gasteiger partial charge in [0.25, 0.3) is 11.8 Å². The maximum atomic E-state index is 12.0. The Balaban J connectivity index is 2.15. The first kappa shape index (κ1) is 13.8. The summed E-state index contributed by atoms with van der Waals surface area (Å²) >= 11 is 0. The van der Waals surface area contributed by atoms with Crippen molar-refractivity contribution in [2.75, 3.05) is 18.4 Å². The monoisotopic (exact) mass is 273 g/mol. The molecule has 1 aromatic heterocycles. The molecule has 6 heteroatoms. The fourth-order valence-corrected chi connectivity index (χ4v) is 1.66. The van der Waals surface area contributed by atoms with E-state index in [4.69, 9.17) is 10.2 Å². The fraction of sp³-hybridized carbons (Fsp3) is 0.143. The second-order valence-corrected chi connectivity index (χ2v) is 4.02. The van der Waals surface area contributed by atoms with Crippen LogP contribution in [0.25, 0.3) is 0 Å². The van der Waals surface area contributed by atoms with E-state index in [0.717, 1.165) is 0 Å². The van der Waals surface area contributed by atoms with E-state index in [1.165, 1.54) is 6.26 Å². The van der Waals surface area contributed by atoms with Gasteiger partial charge in [-0.1, -0.05) is 12.1 Å². The second kappa shape index (κ2) is 6.53. The van der Waals surface area contributed by atoms with Crippen LogP contribution >= 0.6 is 0 Å². The average molecular weight is 273 g/mol. The first-order valence-electron chi connectivity index (χ1n) is 6.14. The zero-order valence-corrected chi connectivity index (χ0v) is 10.8. The van der Waals surface area contributed by atoms with Crippen molar-refractivity contribution in [1.29, 1.82) is 0 Å². The highest BCUT2D eigenvalue weighted by Crippen LogP contribution is 2.16. The van der Waals surface area contributed by atoms with E-state index in [1.54, 1.807) is 36.4 Å². The van der Waals surface area contributed by atoms with Gasteiger partial charge in [0.2, 0.25) is 0 Å². The van der Waals surface area contributed by atoms with Gasteiger partial charge >= 0.3 is 0 Å². The van der Waals surface area contributed by atoms with Crippen LogP contribution in [0.15, 0.2) is 47.1 Å². The number of amides is 2. The van der Waals surface area contributed by atoms with Gasteiger partial charge in [0, 0.05) is 13.1 Å². The molecule has 104 valence electrons. The first-order chi connectivity index (χ1) is 9.72. The largest absolute Gasteiger partial charge is 0.459 e. The lowest BCUT2D eigenvalue weighted by Gasteiger charge is -2.10. The number of rotatable bonds is 5. The lowest BCUT2D eigenvalue weighted by molar-refractivity contribution is 0.0955. The Bertz CT molecular complexity index is 593. The summed E-state index contributed by atoms with van der Waals surface area (Å²) in [6, 6.07) is 9.90. The van der Waals surface area contributed by atoms with Gasteiger partial charge in [0.15, 0.2) is 5.76 Å². The summed E-state index contributed by atoms with van der Waals surface area (Å²) in [5, 5.41) is 5.30. The summed E-state index contributed by atoms with van der Waals surface area (Å²) in [5.41, 5.74) is 6.14. The molecule has 0 atom stereocenters. The molecule has 0 spiro atoms. The summed E-state index contributed by atoms with van der Waals surface area (Å²) in [6.07, 6.45) is 1.41. The van der Waals surface area contributed by atoms with E-state index in [-0.39, 0.29) is 11.7 Å². The molecule has 0 bridgehead atoms. The number of furan rings is 1. The van der Waals surface area contributed by atoms with Crippen molar-refractivity contribution in [2.24, 2.45) is 5.73 Å². The van der Waals surface area contributed by atoms with Gasteiger partial charge in [-0.15, -0.1) is 0 Å². The molecule has 0 saturated carbocycles. The third kappa shape index (κ3) is 3.24. The van der Waals surface area contributed by atoms with Gasteiger partial charge in [-0.05, 0) is 24.3 Å². The van der Waals surface area contributed by atoms with Crippen LogP contribution in [0.5, 0.6) is 0 Å². The minimum atomic E-state index is -0.408. The Morgan fingerprint density at radius 3 is 2.60 bits per heavy atom. The molecule has 0 unspecified atom stereocenters. The highest BCUT2D eigenvalue weighted by atomic mass is 16.3. The smallest absolute Gasteiger partial charge is 0.291 e. The number of benzene rings is 1. The van der Waals surface area contributed by atoms with E-state index in [0.29, 0.717) is 24.3 Å². The molecule has 0 aliphatic heterocycles. The SMILES string of the molecule is NCCNC(=O)c1ccccc1NC(=O)c1ccco1. The van der Waals surface area contributed by atoms with Crippen molar-refractivity contribution in [2.45, 2.75) is 0 Å². The normalized spacial score (nSPS) is 10.1.